The highest BCUT2D eigenvalue weighted by atomic mass is 16.3. The van der Waals surface area contributed by atoms with Crippen LogP contribution in [0.3, 0.4) is 0 Å². The molecule has 1 saturated heterocycles. The van der Waals surface area contributed by atoms with Gasteiger partial charge in [-0.15, -0.1) is 0 Å². The summed E-state index contributed by atoms with van der Waals surface area (Å²) in [4.78, 5) is 1.66. The average Bonchev–Trinajstić information content (AvgIpc) is 2.21. The summed E-state index contributed by atoms with van der Waals surface area (Å²) in [5.74, 6) is 0.766. The number of aliphatic hydroxyl groups excluding tert-OH is 1. The Labute approximate surface area is 93.9 Å². The summed E-state index contributed by atoms with van der Waals surface area (Å²) in [6, 6.07) is 1.88. The fourth-order valence-electron chi connectivity index (χ4n) is 2.65. The van der Waals surface area contributed by atoms with Crippen molar-refractivity contribution in [2.75, 3.05) is 20.2 Å². The van der Waals surface area contributed by atoms with E-state index in [1.807, 2.05) is 0 Å². The van der Waals surface area contributed by atoms with Crippen molar-refractivity contribution in [3.8, 4) is 0 Å². The number of hydrogen-bond acceptors (Lipinski definition) is 1. The number of likely N-dealkylation sites (tertiary alicyclic amines) is 1. The quantitative estimate of drug-likeness (QED) is 0.533. The minimum absolute atomic E-state index is 0.316. The van der Waals surface area contributed by atoms with Gasteiger partial charge in [-0.05, 0) is 13.3 Å². The fraction of sp³-hybridized carbons (Fsp3) is 1.00. The number of hydrogen-bond donors (Lipinski definition) is 3. The molecule has 1 aliphatic heterocycles. The van der Waals surface area contributed by atoms with Crippen molar-refractivity contribution in [3.05, 3.63) is 0 Å². The molecule has 0 radical (unpaired) electrons. The fourth-order valence-corrected chi connectivity index (χ4v) is 2.65. The summed E-state index contributed by atoms with van der Waals surface area (Å²) in [7, 11) is 2.29. The zero-order valence-electron chi connectivity index (χ0n) is 10.7. The van der Waals surface area contributed by atoms with Gasteiger partial charge in [-0.3, -0.25) is 0 Å². The average molecular weight is 216 g/mol. The van der Waals surface area contributed by atoms with Gasteiger partial charge in [0, 0.05) is 0 Å². The standard InChI is InChI=1S/C12H26N2O/c1-5-11(8-15)13-12-6-10(3)14(4)7-9(12)2/h9-13,15H,5-8H2,1-4H3/p+2/t9-,10-,11+,12+/m0/s1. The zero-order valence-corrected chi connectivity index (χ0v) is 10.7. The molecule has 0 saturated carbocycles. The molecule has 1 heterocycles. The highest BCUT2D eigenvalue weighted by molar-refractivity contribution is 4.71. The largest absolute Gasteiger partial charge is 0.390 e. The van der Waals surface area contributed by atoms with Crippen LogP contribution in [0.1, 0.15) is 33.6 Å². The first-order valence-corrected chi connectivity index (χ1v) is 6.36. The molecule has 4 N–H and O–H groups in total. The van der Waals surface area contributed by atoms with Crippen LogP contribution in [-0.4, -0.2) is 43.4 Å². The van der Waals surface area contributed by atoms with Crippen molar-refractivity contribution >= 4 is 0 Å². The van der Waals surface area contributed by atoms with Gasteiger partial charge in [-0.1, -0.05) is 13.8 Å². The lowest BCUT2D eigenvalue weighted by molar-refractivity contribution is -0.924. The van der Waals surface area contributed by atoms with Crippen molar-refractivity contribution < 1.29 is 15.3 Å². The Morgan fingerprint density at radius 3 is 2.67 bits per heavy atom. The first-order chi connectivity index (χ1) is 7.08. The molecule has 0 aromatic rings. The molecule has 3 heteroatoms. The minimum atomic E-state index is 0.316. The molecule has 3 nitrogen and oxygen atoms in total. The number of piperidine rings is 1. The second-order valence-electron chi connectivity index (χ2n) is 5.37. The molecular weight excluding hydrogens is 188 g/mol. The molecule has 1 aliphatic rings. The van der Waals surface area contributed by atoms with Crippen LogP contribution < -0.4 is 10.2 Å². The number of nitrogens with one attached hydrogen (secondary N) is 1. The highest BCUT2D eigenvalue weighted by Crippen LogP contribution is 2.08. The molecule has 0 amide bonds. The van der Waals surface area contributed by atoms with Gasteiger partial charge in [0.05, 0.1) is 44.6 Å². The van der Waals surface area contributed by atoms with Crippen LogP contribution in [0.2, 0.25) is 0 Å². The summed E-state index contributed by atoms with van der Waals surface area (Å²) >= 11 is 0. The van der Waals surface area contributed by atoms with Gasteiger partial charge < -0.3 is 15.3 Å². The Morgan fingerprint density at radius 1 is 1.47 bits per heavy atom. The SMILES string of the molecule is CC[C@H](CO)[NH2+][C@@H]1C[C@H](C)[NH+](C)C[C@@H]1C. The van der Waals surface area contributed by atoms with Gasteiger partial charge >= 0.3 is 0 Å². The van der Waals surface area contributed by atoms with Crippen LogP contribution in [0.15, 0.2) is 0 Å². The lowest BCUT2D eigenvalue weighted by Crippen LogP contribution is -3.17. The Bertz CT molecular complexity index is 182. The maximum atomic E-state index is 9.22. The van der Waals surface area contributed by atoms with Crippen LogP contribution in [-0.2, 0) is 0 Å². The van der Waals surface area contributed by atoms with E-state index in [1.54, 1.807) is 4.90 Å². The lowest BCUT2D eigenvalue weighted by atomic mass is 9.89. The van der Waals surface area contributed by atoms with Crippen LogP contribution >= 0.6 is 0 Å². The zero-order chi connectivity index (χ0) is 11.4. The van der Waals surface area contributed by atoms with Gasteiger partial charge in [0.1, 0.15) is 6.04 Å². The Morgan fingerprint density at radius 2 is 2.13 bits per heavy atom. The van der Waals surface area contributed by atoms with E-state index in [-0.39, 0.29) is 0 Å². The molecule has 0 aromatic carbocycles. The predicted octanol–water partition coefficient (Wildman–Crippen LogP) is -1.37. The Kier molecular flexibility index (Phi) is 5.03. The highest BCUT2D eigenvalue weighted by Gasteiger charge is 2.35. The normalized spacial score (nSPS) is 39.0. The molecule has 90 valence electrons. The molecule has 1 fully saturated rings. The monoisotopic (exact) mass is 216 g/mol. The maximum Gasteiger partial charge on any atom is 0.109 e. The molecular formula is C12H28N2O+2. The topological polar surface area (TPSA) is 41.3 Å². The molecule has 0 aliphatic carbocycles. The van der Waals surface area contributed by atoms with Crippen LogP contribution in [0.5, 0.6) is 0 Å². The number of nitrogens with two attached hydrogens (primary N) is 1. The second-order valence-corrected chi connectivity index (χ2v) is 5.37. The Hall–Kier alpha value is -0.120. The first kappa shape index (κ1) is 12.9. The van der Waals surface area contributed by atoms with Crippen molar-refractivity contribution in [3.63, 3.8) is 0 Å². The van der Waals surface area contributed by atoms with Crippen LogP contribution in [0, 0.1) is 5.92 Å². The van der Waals surface area contributed by atoms with E-state index >= 15 is 0 Å². The van der Waals surface area contributed by atoms with E-state index in [0.29, 0.717) is 18.7 Å². The molecule has 0 aromatic heterocycles. The minimum Gasteiger partial charge on any atom is -0.390 e. The molecule has 0 bridgehead atoms. The van der Waals surface area contributed by atoms with Crippen LogP contribution in [0.25, 0.3) is 0 Å². The third-order valence-electron chi connectivity index (χ3n) is 4.12. The smallest absolute Gasteiger partial charge is 0.109 e. The second kappa shape index (κ2) is 5.83. The predicted molar refractivity (Wildman–Crippen MR) is 61.9 cm³/mol. The molecule has 5 atom stereocenters. The summed E-state index contributed by atoms with van der Waals surface area (Å²) in [6.45, 7) is 8.43. The summed E-state index contributed by atoms with van der Waals surface area (Å²) < 4.78 is 0. The summed E-state index contributed by atoms with van der Waals surface area (Å²) in [5.41, 5.74) is 0. The van der Waals surface area contributed by atoms with E-state index in [4.69, 9.17) is 0 Å². The molecule has 1 rings (SSSR count). The van der Waals surface area contributed by atoms with Crippen LogP contribution in [0.4, 0.5) is 0 Å². The van der Waals surface area contributed by atoms with Gasteiger partial charge in [0.25, 0.3) is 0 Å². The number of rotatable bonds is 4. The van der Waals surface area contributed by atoms with Crippen molar-refractivity contribution in [1.82, 2.24) is 0 Å². The first-order valence-electron chi connectivity index (χ1n) is 6.36. The number of quaternary nitrogens is 2. The van der Waals surface area contributed by atoms with E-state index in [9.17, 15) is 5.11 Å². The van der Waals surface area contributed by atoms with E-state index in [2.05, 4.69) is 33.1 Å². The van der Waals surface area contributed by atoms with E-state index in [0.717, 1.165) is 18.4 Å². The van der Waals surface area contributed by atoms with Crippen molar-refractivity contribution in [2.45, 2.75) is 51.7 Å². The summed E-state index contributed by atoms with van der Waals surface area (Å²) in [5, 5.41) is 11.6. The van der Waals surface area contributed by atoms with Gasteiger partial charge in [-0.2, -0.15) is 0 Å². The molecule has 15 heavy (non-hydrogen) atoms. The van der Waals surface area contributed by atoms with Gasteiger partial charge in [-0.25, -0.2) is 0 Å². The third kappa shape index (κ3) is 3.44. The van der Waals surface area contributed by atoms with Gasteiger partial charge in [0.15, 0.2) is 0 Å². The van der Waals surface area contributed by atoms with E-state index < -0.39 is 0 Å². The van der Waals surface area contributed by atoms with Gasteiger partial charge in [0.2, 0.25) is 0 Å². The number of aliphatic hydroxyl groups is 1. The molecule has 1 unspecified atom stereocenters. The Balaban J connectivity index is 2.47. The summed E-state index contributed by atoms with van der Waals surface area (Å²) in [6.07, 6.45) is 2.35. The van der Waals surface area contributed by atoms with E-state index in [1.165, 1.54) is 13.0 Å². The van der Waals surface area contributed by atoms with Crippen molar-refractivity contribution in [1.29, 1.82) is 0 Å². The van der Waals surface area contributed by atoms with Crippen molar-refractivity contribution in [2.24, 2.45) is 5.92 Å². The lowest BCUT2D eigenvalue weighted by Gasteiger charge is -2.36. The molecule has 0 spiro atoms. The maximum absolute atomic E-state index is 9.22. The third-order valence-corrected chi connectivity index (χ3v) is 4.12.